The SMILES string of the molecule is CCOC(=O)C1=C(C)OC(N)=C(C#N)C1c1cccc(OC)c1OCc1cccc(Cl)c1. The molecule has 1 atom stereocenters. The molecule has 3 rings (SSSR count). The first-order chi connectivity index (χ1) is 15.4. The molecule has 0 bridgehead atoms. The number of nitriles is 1. The number of benzene rings is 2. The van der Waals surface area contributed by atoms with Crippen molar-refractivity contribution in [3.05, 3.63) is 81.4 Å². The molecule has 0 amide bonds. The lowest BCUT2D eigenvalue weighted by molar-refractivity contribution is -0.139. The van der Waals surface area contributed by atoms with Crippen LogP contribution in [0.15, 0.2) is 65.3 Å². The van der Waals surface area contributed by atoms with Crippen LogP contribution in [0.25, 0.3) is 0 Å². The van der Waals surface area contributed by atoms with Gasteiger partial charge in [-0.1, -0.05) is 35.9 Å². The summed E-state index contributed by atoms with van der Waals surface area (Å²) in [6.07, 6.45) is 0. The van der Waals surface area contributed by atoms with Gasteiger partial charge in [0.1, 0.15) is 24.0 Å². The van der Waals surface area contributed by atoms with Crippen LogP contribution in [0.4, 0.5) is 0 Å². The van der Waals surface area contributed by atoms with Crippen LogP contribution in [0.3, 0.4) is 0 Å². The maximum atomic E-state index is 12.8. The van der Waals surface area contributed by atoms with Crippen LogP contribution >= 0.6 is 11.6 Å². The molecule has 2 N–H and O–H groups in total. The summed E-state index contributed by atoms with van der Waals surface area (Å²) >= 11 is 6.08. The summed E-state index contributed by atoms with van der Waals surface area (Å²) in [7, 11) is 1.51. The van der Waals surface area contributed by atoms with Crippen molar-refractivity contribution in [1.29, 1.82) is 5.26 Å². The van der Waals surface area contributed by atoms with E-state index in [1.54, 1.807) is 44.2 Å². The maximum absolute atomic E-state index is 12.8. The quantitative estimate of drug-likeness (QED) is 0.611. The summed E-state index contributed by atoms with van der Waals surface area (Å²) < 4.78 is 22.4. The van der Waals surface area contributed by atoms with E-state index in [1.165, 1.54) is 7.11 Å². The molecular formula is C24H23ClN2O5. The molecule has 1 aliphatic heterocycles. The normalized spacial score (nSPS) is 15.7. The smallest absolute Gasteiger partial charge is 0.338 e. The second-order valence-corrected chi connectivity index (χ2v) is 7.35. The number of allylic oxidation sites excluding steroid dienone is 2. The summed E-state index contributed by atoms with van der Waals surface area (Å²) in [5, 5.41) is 10.4. The predicted molar refractivity (Wildman–Crippen MR) is 119 cm³/mol. The fourth-order valence-electron chi connectivity index (χ4n) is 3.52. The Bertz CT molecular complexity index is 1130. The maximum Gasteiger partial charge on any atom is 0.338 e. The molecule has 32 heavy (non-hydrogen) atoms. The molecule has 7 nitrogen and oxygen atoms in total. The van der Waals surface area contributed by atoms with Gasteiger partial charge in [-0.25, -0.2) is 4.79 Å². The zero-order chi connectivity index (χ0) is 23.3. The van der Waals surface area contributed by atoms with Gasteiger partial charge in [0, 0.05) is 10.6 Å². The Hall–Kier alpha value is -3.63. The highest BCUT2D eigenvalue weighted by atomic mass is 35.5. The number of methoxy groups -OCH3 is 1. The van der Waals surface area contributed by atoms with E-state index in [-0.39, 0.29) is 36.0 Å². The molecule has 0 radical (unpaired) electrons. The lowest BCUT2D eigenvalue weighted by Crippen LogP contribution is -2.26. The molecule has 2 aromatic rings. The van der Waals surface area contributed by atoms with Gasteiger partial charge < -0.3 is 24.7 Å². The van der Waals surface area contributed by atoms with Crippen LogP contribution in [0.2, 0.25) is 5.02 Å². The zero-order valence-electron chi connectivity index (χ0n) is 18.0. The van der Waals surface area contributed by atoms with Gasteiger partial charge in [-0.3, -0.25) is 0 Å². The van der Waals surface area contributed by atoms with Crippen molar-refractivity contribution < 1.29 is 23.7 Å². The van der Waals surface area contributed by atoms with Crippen molar-refractivity contribution in [2.45, 2.75) is 26.4 Å². The van der Waals surface area contributed by atoms with E-state index in [1.807, 2.05) is 12.1 Å². The number of hydrogen-bond acceptors (Lipinski definition) is 7. The van der Waals surface area contributed by atoms with E-state index >= 15 is 0 Å². The molecule has 0 spiro atoms. The first kappa shape index (κ1) is 23.0. The van der Waals surface area contributed by atoms with Crippen LogP contribution in [0, 0.1) is 11.3 Å². The van der Waals surface area contributed by atoms with Crippen LogP contribution in [0.1, 0.15) is 30.9 Å². The van der Waals surface area contributed by atoms with Gasteiger partial charge in [-0.2, -0.15) is 5.26 Å². The van der Waals surface area contributed by atoms with Gasteiger partial charge in [-0.15, -0.1) is 0 Å². The van der Waals surface area contributed by atoms with Crippen molar-refractivity contribution in [2.24, 2.45) is 5.73 Å². The number of carbonyl (C=O) groups excluding carboxylic acids is 1. The van der Waals surface area contributed by atoms with Crippen LogP contribution < -0.4 is 15.2 Å². The number of esters is 1. The highest BCUT2D eigenvalue weighted by molar-refractivity contribution is 6.30. The van der Waals surface area contributed by atoms with Gasteiger partial charge in [0.2, 0.25) is 5.88 Å². The Morgan fingerprint density at radius 1 is 1.28 bits per heavy atom. The van der Waals surface area contributed by atoms with Crippen molar-refractivity contribution in [3.63, 3.8) is 0 Å². The number of carbonyl (C=O) groups is 1. The minimum absolute atomic E-state index is 0.0772. The highest BCUT2D eigenvalue weighted by Crippen LogP contribution is 2.46. The van der Waals surface area contributed by atoms with Crippen LogP contribution in [-0.4, -0.2) is 19.7 Å². The van der Waals surface area contributed by atoms with Gasteiger partial charge in [0.15, 0.2) is 11.5 Å². The topological polar surface area (TPSA) is 104 Å². The zero-order valence-corrected chi connectivity index (χ0v) is 18.7. The van der Waals surface area contributed by atoms with Crippen LogP contribution in [0.5, 0.6) is 11.5 Å². The van der Waals surface area contributed by atoms with Crippen molar-refractivity contribution in [2.75, 3.05) is 13.7 Å². The fraction of sp³-hybridized carbons (Fsp3) is 0.250. The number of ether oxygens (including phenoxy) is 4. The average molecular weight is 455 g/mol. The molecule has 0 fully saturated rings. The summed E-state index contributed by atoms with van der Waals surface area (Å²) in [4.78, 5) is 12.8. The third kappa shape index (κ3) is 4.66. The lowest BCUT2D eigenvalue weighted by Gasteiger charge is -2.28. The minimum atomic E-state index is -0.850. The van der Waals surface area contributed by atoms with Crippen molar-refractivity contribution in [3.8, 4) is 17.6 Å². The predicted octanol–water partition coefficient (Wildman–Crippen LogP) is 4.57. The fourth-order valence-corrected chi connectivity index (χ4v) is 3.74. The summed E-state index contributed by atoms with van der Waals surface area (Å²) in [6.45, 7) is 3.66. The average Bonchev–Trinajstić information content (AvgIpc) is 2.77. The van der Waals surface area contributed by atoms with E-state index in [9.17, 15) is 10.1 Å². The number of nitrogens with zero attached hydrogens (tertiary/aromatic N) is 1. The molecule has 0 saturated heterocycles. The number of para-hydroxylation sites is 1. The Morgan fingerprint density at radius 3 is 2.69 bits per heavy atom. The van der Waals surface area contributed by atoms with Gasteiger partial charge >= 0.3 is 5.97 Å². The Morgan fingerprint density at radius 2 is 2.03 bits per heavy atom. The summed E-state index contributed by atoms with van der Waals surface area (Å²) in [6, 6.07) is 14.6. The molecule has 166 valence electrons. The number of rotatable bonds is 7. The largest absolute Gasteiger partial charge is 0.493 e. The molecule has 1 heterocycles. The van der Waals surface area contributed by atoms with Crippen molar-refractivity contribution in [1.82, 2.24) is 0 Å². The molecule has 0 aromatic heterocycles. The van der Waals surface area contributed by atoms with Crippen LogP contribution in [-0.2, 0) is 20.9 Å². The van der Waals surface area contributed by atoms with E-state index in [0.29, 0.717) is 22.1 Å². The second kappa shape index (κ2) is 10.1. The van der Waals surface area contributed by atoms with E-state index < -0.39 is 11.9 Å². The summed E-state index contributed by atoms with van der Waals surface area (Å²) in [5.74, 6) is -0.457. The summed E-state index contributed by atoms with van der Waals surface area (Å²) in [5.41, 5.74) is 7.64. The van der Waals surface area contributed by atoms with Gasteiger partial charge in [-0.05, 0) is 37.6 Å². The number of hydrogen-bond donors (Lipinski definition) is 1. The minimum Gasteiger partial charge on any atom is -0.493 e. The molecule has 8 heteroatoms. The molecule has 0 aliphatic carbocycles. The number of halogens is 1. The molecule has 0 saturated carbocycles. The van der Waals surface area contributed by atoms with E-state index in [2.05, 4.69) is 6.07 Å². The van der Waals surface area contributed by atoms with E-state index in [0.717, 1.165) is 5.56 Å². The highest BCUT2D eigenvalue weighted by Gasteiger charge is 2.38. The second-order valence-electron chi connectivity index (χ2n) is 6.91. The lowest BCUT2D eigenvalue weighted by atomic mass is 9.82. The first-order valence-corrected chi connectivity index (χ1v) is 10.3. The third-order valence-electron chi connectivity index (χ3n) is 4.91. The molecule has 2 aromatic carbocycles. The van der Waals surface area contributed by atoms with Gasteiger partial charge in [0.25, 0.3) is 0 Å². The third-order valence-corrected chi connectivity index (χ3v) is 5.15. The Labute approximate surface area is 191 Å². The first-order valence-electron chi connectivity index (χ1n) is 9.90. The molecular weight excluding hydrogens is 432 g/mol. The van der Waals surface area contributed by atoms with Gasteiger partial charge in [0.05, 0.1) is 25.2 Å². The monoisotopic (exact) mass is 454 g/mol. The van der Waals surface area contributed by atoms with E-state index in [4.69, 9.17) is 36.3 Å². The Kier molecular flexibility index (Phi) is 7.29. The molecule has 1 unspecified atom stereocenters. The van der Waals surface area contributed by atoms with Crippen molar-refractivity contribution >= 4 is 17.6 Å². The molecule has 1 aliphatic rings. The Balaban J connectivity index is 2.13. The standard InChI is InChI=1S/C24H23ClN2O5/c1-4-30-24(28)20-14(2)32-23(27)18(12-26)21(20)17-9-6-10-19(29-3)22(17)31-13-15-7-5-8-16(25)11-15/h5-11,21H,4,13,27H2,1-3H3. The number of nitrogens with two attached hydrogens (primary N) is 1.